The SMILES string of the molecule is CC.CC.CCC(CC)O[C-]=O.CCC(COC)O[C-]=O.COC.O=[C-]O.O=[C-]O.[Y].c1ccc(C2(c3ccccc3)c3ccccc3-c3ccccc32)cc1. The zero-order valence-electron chi connectivity index (χ0n) is 34.6. The standard InChI is InChI=1S/C25H18.C6H11O3.C6H11O2.C2H6O.2C2H6.2CHO2.Y/c1-3-11-19(12-4-1)25(20-13-5-2-6-14-20)23-17-9-7-15-21(23)22-16-8-10-18-24(22)25;1-3-6(4-8-2)9-5-7;1-3-6(4-2)8-5-7;1-3-2;2*1-2;2*2-1-3;/h1-18H;6H,3-4H2,1-2H3;6H,3-4H2,1-2H3;1-2H3;2*1-2H3;2*(H,2,3);/q;2*-1;;;;2*-1;. The van der Waals surface area contributed by atoms with Crippen LogP contribution in [0.25, 0.3) is 11.1 Å². The van der Waals surface area contributed by atoms with Crippen LogP contribution in [-0.2, 0) is 76.2 Å². The van der Waals surface area contributed by atoms with Crippen LogP contribution in [0.2, 0.25) is 0 Å². The molecule has 0 amide bonds. The molecule has 4 aromatic carbocycles. The van der Waals surface area contributed by atoms with E-state index in [1.807, 2.05) is 48.5 Å². The Bertz CT molecular complexity index is 1390. The van der Waals surface area contributed by atoms with Crippen molar-refractivity contribution in [3.63, 3.8) is 0 Å². The van der Waals surface area contributed by atoms with E-state index < -0.39 is 0 Å². The molecule has 2 N–H and O–H groups in total. The molecule has 0 saturated carbocycles. The van der Waals surface area contributed by atoms with Crippen LogP contribution in [-0.4, -0.2) is 76.2 Å². The first-order chi connectivity index (χ1) is 26.9. The average molecular weight is 850 g/mol. The number of ether oxygens (including phenoxy) is 4. The van der Waals surface area contributed by atoms with Crippen LogP contribution >= 0.6 is 0 Å². The Morgan fingerprint density at radius 3 is 1.09 bits per heavy atom. The molecular formula is C45H60O10Y-4. The molecule has 5 rings (SSSR count). The Kier molecular flexibility index (Phi) is 42.2. The summed E-state index contributed by atoms with van der Waals surface area (Å²) in [5, 5.41) is 13.5. The van der Waals surface area contributed by atoms with Crippen molar-refractivity contribution >= 4 is 25.9 Å². The van der Waals surface area contributed by atoms with E-state index in [0.717, 1.165) is 19.3 Å². The molecule has 1 unspecified atom stereocenters. The van der Waals surface area contributed by atoms with Crippen LogP contribution in [0.15, 0.2) is 109 Å². The molecule has 1 aliphatic carbocycles. The zero-order chi connectivity index (χ0) is 42.3. The number of hydrogen-bond acceptors (Lipinski definition) is 8. The largest absolute Gasteiger partial charge is 0.665 e. The molecule has 10 nitrogen and oxygen atoms in total. The van der Waals surface area contributed by atoms with Gasteiger partial charge in [0.05, 0.1) is 24.2 Å². The fraction of sp³-hybridized carbons (Fsp3) is 0.378. The predicted octanol–water partition coefficient (Wildman–Crippen LogP) is 9.34. The maximum atomic E-state index is 9.65. The van der Waals surface area contributed by atoms with Gasteiger partial charge in [-0.25, -0.2) is 0 Å². The molecular weight excluding hydrogens is 789 g/mol. The molecule has 1 radical (unpaired) electrons. The molecule has 1 atom stereocenters. The third-order valence-corrected chi connectivity index (χ3v) is 7.51. The second-order valence-corrected chi connectivity index (χ2v) is 10.5. The van der Waals surface area contributed by atoms with Crippen molar-refractivity contribution in [2.24, 2.45) is 0 Å². The summed E-state index contributed by atoms with van der Waals surface area (Å²) in [4.78, 5) is 35.7. The van der Waals surface area contributed by atoms with E-state index in [-0.39, 0.29) is 50.3 Å². The second-order valence-electron chi connectivity index (χ2n) is 10.5. The maximum Gasteiger partial charge on any atom is 0.0834 e. The summed E-state index contributed by atoms with van der Waals surface area (Å²) in [6.07, 6.45) is 2.47. The normalized spacial score (nSPS) is 10.6. The molecule has 0 aliphatic heterocycles. The van der Waals surface area contributed by atoms with E-state index >= 15 is 0 Å². The van der Waals surface area contributed by atoms with Gasteiger partial charge in [0, 0.05) is 54.0 Å². The van der Waals surface area contributed by atoms with E-state index in [1.54, 1.807) is 21.3 Å². The maximum absolute atomic E-state index is 9.65. The summed E-state index contributed by atoms with van der Waals surface area (Å²) in [6.45, 7) is 18.1. The molecule has 0 spiro atoms. The van der Waals surface area contributed by atoms with E-state index in [0.29, 0.717) is 19.6 Å². The summed E-state index contributed by atoms with van der Waals surface area (Å²) in [5.74, 6) is 0. The molecule has 1 aliphatic rings. The van der Waals surface area contributed by atoms with Crippen molar-refractivity contribution in [3.05, 3.63) is 131 Å². The fourth-order valence-corrected chi connectivity index (χ4v) is 5.41. The van der Waals surface area contributed by atoms with Crippen LogP contribution in [0.4, 0.5) is 0 Å². The van der Waals surface area contributed by atoms with Crippen molar-refractivity contribution in [2.75, 3.05) is 27.9 Å². The third-order valence-electron chi connectivity index (χ3n) is 7.51. The topological polar surface area (TPSA) is 146 Å². The minimum atomic E-state index is -0.254. The second kappa shape index (κ2) is 40.4. The molecule has 0 bridgehead atoms. The monoisotopic (exact) mass is 849 g/mol. The quantitative estimate of drug-likeness (QED) is 0.123. The number of rotatable bonds is 11. The molecule has 0 fully saturated rings. The van der Waals surface area contributed by atoms with Crippen LogP contribution < -0.4 is 0 Å². The van der Waals surface area contributed by atoms with Crippen LogP contribution in [0.1, 0.15) is 90.0 Å². The predicted molar refractivity (Wildman–Crippen MR) is 220 cm³/mol. The van der Waals surface area contributed by atoms with Crippen LogP contribution in [0, 0.1) is 0 Å². The van der Waals surface area contributed by atoms with Gasteiger partial charge in [-0.15, -0.1) is 0 Å². The molecule has 11 heteroatoms. The number of carbonyl (C=O) groups excluding carboxylic acids is 2. The van der Waals surface area contributed by atoms with E-state index in [9.17, 15) is 9.59 Å². The van der Waals surface area contributed by atoms with Crippen molar-refractivity contribution < 1.29 is 81.0 Å². The van der Waals surface area contributed by atoms with E-state index in [4.69, 9.17) is 24.5 Å². The Hall–Kier alpha value is -4.22. The van der Waals surface area contributed by atoms with Gasteiger partial charge in [0.15, 0.2) is 0 Å². The average Bonchev–Trinajstić information content (AvgIpc) is 3.54. The number of aliphatic hydroxyl groups excluding tert-OH is 2. The molecule has 0 saturated heterocycles. The summed E-state index contributed by atoms with van der Waals surface area (Å²) < 4.78 is 18.0. The zero-order valence-corrected chi connectivity index (χ0v) is 37.5. The van der Waals surface area contributed by atoms with Crippen molar-refractivity contribution in [3.8, 4) is 11.1 Å². The minimum absolute atomic E-state index is 0. The van der Waals surface area contributed by atoms with Crippen molar-refractivity contribution in [1.82, 2.24) is 0 Å². The number of methoxy groups -OCH3 is 2. The van der Waals surface area contributed by atoms with Gasteiger partial charge in [0.2, 0.25) is 0 Å². The minimum Gasteiger partial charge on any atom is -0.665 e. The number of hydrogen-bond donors (Lipinski definition) is 2. The van der Waals surface area contributed by atoms with Crippen LogP contribution in [0.5, 0.6) is 0 Å². The first kappa shape index (κ1) is 58.5. The van der Waals surface area contributed by atoms with E-state index in [1.165, 1.54) is 46.3 Å². The smallest absolute Gasteiger partial charge is 0.0834 e. The molecule has 4 aromatic rings. The van der Waals surface area contributed by atoms with Gasteiger partial charge in [-0.2, -0.15) is 0 Å². The first-order valence-electron chi connectivity index (χ1n) is 18.1. The van der Waals surface area contributed by atoms with Gasteiger partial charge in [-0.1, -0.05) is 184 Å². The van der Waals surface area contributed by atoms with Crippen molar-refractivity contribution in [2.45, 2.75) is 85.4 Å². The van der Waals surface area contributed by atoms with Gasteiger partial charge in [-0.05, 0) is 52.6 Å². The number of fused-ring (bicyclic) bond motifs is 3. The first-order valence-corrected chi connectivity index (χ1v) is 18.1. The van der Waals surface area contributed by atoms with E-state index in [2.05, 4.69) is 123 Å². The molecule has 56 heavy (non-hydrogen) atoms. The molecule has 0 aromatic heterocycles. The Labute approximate surface area is 360 Å². The van der Waals surface area contributed by atoms with Gasteiger partial charge in [0.1, 0.15) is 0 Å². The Balaban J connectivity index is -0.000000364. The summed E-state index contributed by atoms with van der Waals surface area (Å²) in [6, 6.07) is 39.5. The van der Waals surface area contributed by atoms with Gasteiger partial charge >= 0.3 is 0 Å². The van der Waals surface area contributed by atoms with Gasteiger partial charge in [0.25, 0.3) is 0 Å². The Morgan fingerprint density at radius 2 is 0.821 bits per heavy atom. The molecule has 0 heterocycles. The summed E-state index contributed by atoms with van der Waals surface area (Å²) >= 11 is 0. The third kappa shape index (κ3) is 20.1. The number of benzene rings is 4. The van der Waals surface area contributed by atoms with Gasteiger partial charge in [-0.3, -0.25) is 0 Å². The summed E-state index contributed by atoms with van der Waals surface area (Å²) in [5.41, 5.74) is 7.80. The van der Waals surface area contributed by atoms with Crippen LogP contribution in [0.3, 0.4) is 0 Å². The van der Waals surface area contributed by atoms with Gasteiger partial charge < -0.3 is 48.3 Å². The van der Waals surface area contributed by atoms with Crippen molar-refractivity contribution in [1.29, 1.82) is 0 Å². The molecule has 307 valence electrons. The Morgan fingerprint density at radius 1 is 0.536 bits per heavy atom. The summed E-state index contributed by atoms with van der Waals surface area (Å²) in [7, 11) is 4.82. The fourth-order valence-electron chi connectivity index (χ4n) is 5.41.